The van der Waals surface area contributed by atoms with Crippen molar-refractivity contribution in [3.8, 4) is 11.5 Å². The molecule has 6 heteroatoms. The third-order valence-electron chi connectivity index (χ3n) is 3.38. The van der Waals surface area contributed by atoms with Crippen molar-refractivity contribution in [1.82, 2.24) is 4.98 Å². The number of anilines is 1. The van der Waals surface area contributed by atoms with Crippen LogP contribution in [0.25, 0.3) is 10.1 Å². The molecule has 0 saturated heterocycles. The average molecular weight is 379 g/mol. The number of nitrogens with zero attached hydrogens (tertiary/aromatic N) is 1. The fourth-order valence-corrected chi connectivity index (χ4v) is 3.88. The molecule has 114 valence electrons. The Bertz CT molecular complexity index is 804. The highest BCUT2D eigenvalue weighted by Gasteiger charge is 2.10. The SMILES string of the molecule is COc1ccc(CNc2nccc3scc(Br)c23)c(OC)c1. The van der Waals surface area contributed by atoms with Crippen molar-refractivity contribution in [2.24, 2.45) is 0 Å². The van der Waals surface area contributed by atoms with Crippen LogP contribution in [0.4, 0.5) is 5.82 Å². The Morgan fingerprint density at radius 2 is 2.09 bits per heavy atom. The van der Waals surface area contributed by atoms with Gasteiger partial charge in [-0.25, -0.2) is 4.98 Å². The predicted octanol–water partition coefficient (Wildman–Crippen LogP) is 4.69. The first-order valence-electron chi connectivity index (χ1n) is 6.69. The summed E-state index contributed by atoms with van der Waals surface area (Å²) in [7, 11) is 3.30. The predicted molar refractivity (Wildman–Crippen MR) is 94.2 cm³/mol. The largest absolute Gasteiger partial charge is 0.497 e. The van der Waals surface area contributed by atoms with Gasteiger partial charge in [0.2, 0.25) is 0 Å². The zero-order valence-electron chi connectivity index (χ0n) is 12.2. The standard InChI is InChI=1S/C16H15BrN2O2S/c1-20-11-4-3-10(13(7-11)21-2)8-19-16-15-12(17)9-22-14(15)5-6-18-16/h3-7,9H,8H2,1-2H3,(H,18,19). The van der Waals surface area contributed by atoms with Crippen LogP contribution in [0.5, 0.6) is 11.5 Å². The zero-order valence-corrected chi connectivity index (χ0v) is 14.6. The number of nitrogens with one attached hydrogen (secondary N) is 1. The number of benzene rings is 1. The molecule has 1 N–H and O–H groups in total. The van der Waals surface area contributed by atoms with E-state index in [1.165, 1.54) is 4.70 Å². The van der Waals surface area contributed by atoms with E-state index in [1.54, 1.807) is 25.6 Å². The van der Waals surface area contributed by atoms with Crippen molar-refractivity contribution in [1.29, 1.82) is 0 Å². The lowest BCUT2D eigenvalue weighted by molar-refractivity contribution is 0.391. The number of pyridine rings is 1. The summed E-state index contributed by atoms with van der Waals surface area (Å²) in [6, 6.07) is 7.82. The maximum Gasteiger partial charge on any atom is 0.136 e. The highest BCUT2D eigenvalue weighted by Crippen LogP contribution is 2.35. The minimum Gasteiger partial charge on any atom is -0.497 e. The van der Waals surface area contributed by atoms with Crippen molar-refractivity contribution in [3.05, 3.63) is 45.9 Å². The average Bonchev–Trinajstić information content (AvgIpc) is 2.94. The number of hydrogen-bond acceptors (Lipinski definition) is 5. The van der Waals surface area contributed by atoms with E-state index in [4.69, 9.17) is 9.47 Å². The van der Waals surface area contributed by atoms with Gasteiger partial charge in [-0.05, 0) is 34.1 Å². The first-order chi connectivity index (χ1) is 10.7. The van der Waals surface area contributed by atoms with Crippen molar-refractivity contribution >= 4 is 43.2 Å². The molecule has 0 fully saturated rings. The summed E-state index contributed by atoms with van der Waals surface area (Å²) in [5.41, 5.74) is 1.05. The minimum absolute atomic E-state index is 0.627. The number of halogens is 1. The Morgan fingerprint density at radius 3 is 2.86 bits per heavy atom. The van der Waals surface area contributed by atoms with E-state index < -0.39 is 0 Å². The van der Waals surface area contributed by atoms with Crippen LogP contribution in [-0.4, -0.2) is 19.2 Å². The molecule has 0 spiro atoms. The fraction of sp³-hybridized carbons (Fsp3) is 0.188. The van der Waals surface area contributed by atoms with Crippen molar-refractivity contribution in [2.45, 2.75) is 6.54 Å². The molecule has 0 radical (unpaired) electrons. The lowest BCUT2D eigenvalue weighted by Crippen LogP contribution is -2.03. The number of rotatable bonds is 5. The Labute approximate surface area is 141 Å². The van der Waals surface area contributed by atoms with E-state index in [0.29, 0.717) is 6.54 Å². The molecule has 3 rings (SSSR count). The van der Waals surface area contributed by atoms with Crippen LogP contribution in [0, 0.1) is 0 Å². The Morgan fingerprint density at radius 1 is 1.23 bits per heavy atom. The van der Waals surface area contributed by atoms with Crippen LogP contribution in [-0.2, 0) is 6.54 Å². The number of fused-ring (bicyclic) bond motifs is 1. The van der Waals surface area contributed by atoms with Gasteiger partial charge in [-0.3, -0.25) is 0 Å². The minimum atomic E-state index is 0.627. The molecule has 0 aliphatic rings. The molecule has 0 atom stereocenters. The maximum absolute atomic E-state index is 5.42. The summed E-state index contributed by atoms with van der Waals surface area (Å²) in [6.45, 7) is 0.627. The first-order valence-corrected chi connectivity index (χ1v) is 8.36. The van der Waals surface area contributed by atoms with Crippen LogP contribution in [0.2, 0.25) is 0 Å². The van der Waals surface area contributed by atoms with Crippen molar-refractivity contribution in [2.75, 3.05) is 19.5 Å². The normalized spacial score (nSPS) is 10.7. The van der Waals surface area contributed by atoms with Crippen molar-refractivity contribution in [3.63, 3.8) is 0 Å². The summed E-state index contributed by atoms with van der Waals surface area (Å²) < 4.78 is 12.9. The summed E-state index contributed by atoms with van der Waals surface area (Å²) >= 11 is 5.27. The molecule has 0 saturated carbocycles. The molecule has 0 unspecified atom stereocenters. The molecule has 0 amide bonds. The van der Waals surface area contributed by atoms with Crippen LogP contribution in [0.15, 0.2) is 40.3 Å². The van der Waals surface area contributed by atoms with Crippen LogP contribution in [0.3, 0.4) is 0 Å². The van der Waals surface area contributed by atoms with E-state index in [-0.39, 0.29) is 0 Å². The van der Waals surface area contributed by atoms with Gasteiger partial charge in [-0.1, -0.05) is 0 Å². The number of hydrogen-bond donors (Lipinski definition) is 1. The van der Waals surface area contributed by atoms with Gasteiger partial charge in [0.1, 0.15) is 17.3 Å². The van der Waals surface area contributed by atoms with Gasteiger partial charge < -0.3 is 14.8 Å². The topological polar surface area (TPSA) is 43.4 Å². The number of methoxy groups -OCH3 is 2. The summed E-state index contributed by atoms with van der Waals surface area (Å²) in [4.78, 5) is 4.44. The molecule has 2 heterocycles. The quantitative estimate of drug-likeness (QED) is 0.699. The van der Waals surface area contributed by atoms with Gasteiger partial charge in [0.15, 0.2) is 0 Å². The first kappa shape index (κ1) is 15.1. The summed E-state index contributed by atoms with van der Waals surface area (Å²) in [5.74, 6) is 2.44. The number of thiophene rings is 1. The molecule has 3 aromatic rings. The van der Waals surface area contributed by atoms with Gasteiger partial charge in [0, 0.05) is 44.3 Å². The second-order valence-corrected chi connectivity index (χ2v) is 6.41. The smallest absolute Gasteiger partial charge is 0.136 e. The lowest BCUT2D eigenvalue weighted by atomic mass is 10.2. The molecular formula is C16H15BrN2O2S. The van der Waals surface area contributed by atoms with E-state index in [2.05, 4.69) is 31.6 Å². The summed E-state index contributed by atoms with van der Waals surface area (Å²) in [6.07, 6.45) is 1.82. The van der Waals surface area contributed by atoms with Gasteiger partial charge >= 0.3 is 0 Å². The number of aromatic nitrogens is 1. The Balaban J connectivity index is 1.87. The highest BCUT2D eigenvalue weighted by atomic mass is 79.9. The fourth-order valence-electron chi connectivity index (χ4n) is 2.26. The molecule has 4 nitrogen and oxygen atoms in total. The second-order valence-electron chi connectivity index (χ2n) is 4.65. The van der Waals surface area contributed by atoms with Crippen LogP contribution in [0.1, 0.15) is 5.56 Å². The van der Waals surface area contributed by atoms with Gasteiger partial charge in [-0.15, -0.1) is 11.3 Å². The second kappa shape index (κ2) is 6.54. The molecular weight excluding hydrogens is 364 g/mol. The third kappa shape index (κ3) is 2.89. The highest BCUT2D eigenvalue weighted by molar-refractivity contribution is 9.10. The Kier molecular flexibility index (Phi) is 4.49. The Hall–Kier alpha value is -1.79. The monoisotopic (exact) mass is 378 g/mol. The summed E-state index contributed by atoms with van der Waals surface area (Å²) in [5, 5.41) is 6.57. The van der Waals surface area contributed by atoms with Gasteiger partial charge in [0.25, 0.3) is 0 Å². The zero-order chi connectivity index (χ0) is 15.5. The molecule has 1 aromatic carbocycles. The molecule has 0 bridgehead atoms. The molecule has 22 heavy (non-hydrogen) atoms. The maximum atomic E-state index is 5.42. The van der Waals surface area contributed by atoms with Crippen LogP contribution >= 0.6 is 27.3 Å². The molecule has 0 aliphatic carbocycles. The third-order valence-corrected chi connectivity index (χ3v) is 5.26. The van der Waals surface area contributed by atoms with E-state index in [9.17, 15) is 0 Å². The van der Waals surface area contributed by atoms with Crippen LogP contribution < -0.4 is 14.8 Å². The lowest BCUT2D eigenvalue weighted by Gasteiger charge is -2.12. The van der Waals surface area contributed by atoms with Crippen molar-refractivity contribution < 1.29 is 9.47 Å². The number of ether oxygens (including phenoxy) is 2. The van der Waals surface area contributed by atoms with Gasteiger partial charge in [-0.2, -0.15) is 0 Å². The molecule has 2 aromatic heterocycles. The van der Waals surface area contributed by atoms with E-state index in [0.717, 1.165) is 32.7 Å². The van der Waals surface area contributed by atoms with E-state index in [1.807, 2.05) is 30.5 Å². The van der Waals surface area contributed by atoms with E-state index >= 15 is 0 Å². The molecule has 0 aliphatic heterocycles. The van der Waals surface area contributed by atoms with Gasteiger partial charge in [0.05, 0.1) is 14.2 Å².